The third-order valence-corrected chi connectivity index (χ3v) is 7.94. The van der Waals surface area contributed by atoms with E-state index in [4.69, 9.17) is 28.4 Å². The molecule has 9 heteroatoms. The van der Waals surface area contributed by atoms with E-state index in [2.05, 4.69) is 0 Å². The lowest BCUT2D eigenvalue weighted by Crippen LogP contribution is -2.74. The van der Waals surface area contributed by atoms with Gasteiger partial charge in [-0.15, -0.1) is 0 Å². The number of rotatable bonds is 5. The highest BCUT2D eigenvalue weighted by atomic mass is 16.8. The Balaban J connectivity index is 1.40. The largest absolute Gasteiger partial charge is 0.497 e. The fourth-order valence-corrected chi connectivity index (χ4v) is 6.30. The van der Waals surface area contributed by atoms with Gasteiger partial charge in [0.1, 0.15) is 41.8 Å². The van der Waals surface area contributed by atoms with E-state index in [0.29, 0.717) is 17.7 Å². The minimum Gasteiger partial charge on any atom is -0.497 e. The predicted molar refractivity (Wildman–Crippen MR) is 135 cm³/mol. The Labute approximate surface area is 221 Å². The molecule has 0 N–H and O–H groups in total. The Bertz CT molecular complexity index is 1200. The van der Waals surface area contributed by atoms with E-state index in [1.165, 1.54) is 4.90 Å². The summed E-state index contributed by atoms with van der Waals surface area (Å²) in [4.78, 5) is 28.7. The number of methoxy groups -OCH3 is 1. The molecule has 2 aromatic carbocycles. The second-order valence-corrected chi connectivity index (χ2v) is 11.4. The number of nitrogens with zero attached hydrogens (tertiary/aromatic N) is 1. The van der Waals surface area contributed by atoms with Gasteiger partial charge >= 0.3 is 0 Å². The van der Waals surface area contributed by atoms with Gasteiger partial charge in [0.25, 0.3) is 11.8 Å². The fraction of sp³-hybridized carbons (Fsp3) is 0.517. The number of hydrogen-bond donors (Lipinski definition) is 0. The highest BCUT2D eigenvalue weighted by Gasteiger charge is 2.72. The molecule has 3 fully saturated rings. The molecule has 202 valence electrons. The van der Waals surface area contributed by atoms with Gasteiger partial charge in [0, 0.05) is 0 Å². The minimum absolute atomic E-state index is 0.290. The second-order valence-electron chi connectivity index (χ2n) is 11.4. The molecule has 0 aromatic heterocycles. The topological polar surface area (TPSA) is 92.8 Å². The quantitative estimate of drug-likeness (QED) is 0.548. The zero-order chi connectivity index (χ0) is 27.0. The monoisotopic (exact) mass is 523 g/mol. The zero-order valence-corrected chi connectivity index (χ0v) is 22.4. The highest BCUT2D eigenvalue weighted by Crippen LogP contribution is 2.53. The van der Waals surface area contributed by atoms with E-state index in [1.807, 2.05) is 58.9 Å². The standard InChI is InChI=1S/C29H33NO8/c1-27(2)35-21-20(34-15-16-11-13-17(33-6)14-12-16)22-24(38-28(3,4)36-22)29(5,23(21)37-27)30-25(31)18-9-7-8-10-19(18)26(30)32/h7-14,20-24H,15H2,1-6H3/t20?,21-,22+,23-,24-,29?/m0/s1. The molecule has 0 spiro atoms. The van der Waals surface area contributed by atoms with E-state index in [1.54, 1.807) is 31.4 Å². The lowest BCUT2D eigenvalue weighted by molar-refractivity contribution is -0.190. The van der Waals surface area contributed by atoms with Gasteiger partial charge in [-0.1, -0.05) is 24.3 Å². The van der Waals surface area contributed by atoms with E-state index in [9.17, 15) is 9.59 Å². The average molecular weight is 524 g/mol. The molecule has 2 amide bonds. The van der Waals surface area contributed by atoms with Crippen LogP contribution in [0.4, 0.5) is 0 Å². The number of carbonyl (C=O) groups is 2. The summed E-state index contributed by atoms with van der Waals surface area (Å²) < 4.78 is 37.5. The highest BCUT2D eigenvalue weighted by molar-refractivity contribution is 6.22. The molecule has 3 aliphatic heterocycles. The molecule has 38 heavy (non-hydrogen) atoms. The second kappa shape index (κ2) is 8.59. The lowest BCUT2D eigenvalue weighted by atomic mass is 9.72. The van der Waals surface area contributed by atoms with Crippen LogP contribution >= 0.6 is 0 Å². The van der Waals surface area contributed by atoms with E-state index < -0.39 is 47.6 Å². The van der Waals surface area contributed by atoms with Crippen LogP contribution in [0.25, 0.3) is 0 Å². The Morgan fingerprint density at radius 2 is 1.26 bits per heavy atom. The van der Waals surface area contributed by atoms with Gasteiger partial charge in [-0.2, -0.15) is 0 Å². The molecular formula is C29H33NO8. The van der Waals surface area contributed by atoms with Crippen LogP contribution in [0.5, 0.6) is 5.75 Å². The molecule has 1 saturated carbocycles. The van der Waals surface area contributed by atoms with Crippen molar-refractivity contribution in [1.29, 1.82) is 0 Å². The smallest absolute Gasteiger partial charge is 0.262 e. The lowest BCUT2D eigenvalue weighted by Gasteiger charge is -2.52. The van der Waals surface area contributed by atoms with Gasteiger partial charge in [0.05, 0.1) is 24.8 Å². The van der Waals surface area contributed by atoms with Crippen LogP contribution in [0.1, 0.15) is 60.9 Å². The van der Waals surface area contributed by atoms with Crippen LogP contribution < -0.4 is 4.74 Å². The van der Waals surface area contributed by atoms with Gasteiger partial charge < -0.3 is 28.4 Å². The molecular weight excluding hydrogens is 490 g/mol. The maximum atomic E-state index is 13.7. The Kier molecular flexibility index (Phi) is 5.76. The summed E-state index contributed by atoms with van der Waals surface area (Å²) in [7, 11) is 1.62. The molecule has 0 radical (unpaired) electrons. The molecule has 2 aromatic rings. The Morgan fingerprint density at radius 3 is 1.74 bits per heavy atom. The van der Waals surface area contributed by atoms with Crippen molar-refractivity contribution in [3.05, 3.63) is 65.2 Å². The summed E-state index contributed by atoms with van der Waals surface area (Å²) >= 11 is 0. The summed E-state index contributed by atoms with van der Waals surface area (Å²) in [5, 5.41) is 0. The maximum absolute atomic E-state index is 13.7. The first-order valence-corrected chi connectivity index (χ1v) is 12.9. The summed E-state index contributed by atoms with van der Waals surface area (Å²) in [6.07, 6.45) is -3.29. The molecule has 6 rings (SSSR count). The van der Waals surface area contributed by atoms with Crippen LogP contribution in [0.3, 0.4) is 0 Å². The number of ether oxygens (including phenoxy) is 6. The molecule has 1 aliphatic carbocycles. The van der Waals surface area contributed by atoms with Gasteiger partial charge in [0.2, 0.25) is 0 Å². The normalized spacial score (nSPS) is 34.7. The maximum Gasteiger partial charge on any atom is 0.262 e. The van der Waals surface area contributed by atoms with E-state index >= 15 is 0 Å². The summed E-state index contributed by atoms with van der Waals surface area (Å²) in [6.45, 7) is 9.38. The summed E-state index contributed by atoms with van der Waals surface area (Å²) in [5.41, 5.74) is 0.440. The van der Waals surface area contributed by atoms with Crippen molar-refractivity contribution in [3.8, 4) is 5.75 Å². The van der Waals surface area contributed by atoms with E-state index in [-0.39, 0.29) is 11.8 Å². The predicted octanol–water partition coefficient (Wildman–Crippen LogP) is 3.69. The molecule has 3 heterocycles. The summed E-state index contributed by atoms with van der Waals surface area (Å²) in [5.74, 6) is -1.97. The van der Waals surface area contributed by atoms with Crippen LogP contribution in [-0.2, 0) is 30.3 Å². The molecule has 0 bridgehead atoms. The molecule has 6 atom stereocenters. The van der Waals surface area contributed by atoms with Crippen molar-refractivity contribution in [2.45, 2.75) is 88.9 Å². The van der Waals surface area contributed by atoms with Crippen LogP contribution in [0, 0.1) is 0 Å². The molecule has 2 unspecified atom stereocenters. The molecule has 2 saturated heterocycles. The van der Waals surface area contributed by atoms with Crippen molar-refractivity contribution in [2.24, 2.45) is 0 Å². The number of carbonyl (C=O) groups excluding carboxylic acids is 2. The average Bonchev–Trinajstić information content (AvgIpc) is 3.48. The van der Waals surface area contributed by atoms with Crippen molar-refractivity contribution in [2.75, 3.05) is 7.11 Å². The van der Waals surface area contributed by atoms with Crippen LogP contribution in [-0.4, -0.2) is 71.5 Å². The van der Waals surface area contributed by atoms with Crippen LogP contribution in [0.2, 0.25) is 0 Å². The number of imide groups is 1. The first kappa shape index (κ1) is 25.5. The van der Waals surface area contributed by atoms with Gasteiger partial charge in [-0.05, 0) is 64.4 Å². The number of amides is 2. The van der Waals surface area contributed by atoms with Crippen molar-refractivity contribution >= 4 is 11.8 Å². The third-order valence-electron chi connectivity index (χ3n) is 7.94. The Hall–Kier alpha value is -2.82. The van der Waals surface area contributed by atoms with Crippen LogP contribution in [0.15, 0.2) is 48.5 Å². The zero-order valence-electron chi connectivity index (χ0n) is 22.4. The van der Waals surface area contributed by atoms with Gasteiger partial charge in [-0.3, -0.25) is 14.5 Å². The van der Waals surface area contributed by atoms with E-state index in [0.717, 1.165) is 11.3 Å². The van der Waals surface area contributed by atoms with Gasteiger partial charge in [0.15, 0.2) is 11.6 Å². The van der Waals surface area contributed by atoms with Crippen molar-refractivity contribution in [1.82, 2.24) is 4.90 Å². The Morgan fingerprint density at radius 1 is 0.763 bits per heavy atom. The number of hydrogen-bond acceptors (Lipinski definition) is 8. The molecule has 4 aliphatic rings. The van der Waals surface area contributed by atoms with Crippen molar-refractivity contribution < 1.29 is 38.0 Å². The minimum atomic E-state index is -1.23. The first-order valence-electron chi connectivity index (χ1n) is 12.9. The van der Waals surface area contributed by atoms with Crippen molar-refractivity contribution in [3.63, 3.8) is 0 Å². The number of benzene rings is 2. The fourth-order valence-electron chi connectivity index (χ4n) is 6.30. The number of fused-ring (bicyclic) bond motifs is 3. The third kappa shape index (κ3) is 3.79. The first-order chi connectivity index (χ1) is 17.9. The van der Waals surface area contributed by atoms with Gasteiger partial charge in [-0.25, -0.2) is 0 Å². The molecule has 9 nitrogen and oxygen atoms in total. The summed E-state index contributed by atoms with van der Waals surface area (Å²) in [6, 6.07) is 14.5. The SMILES string of the molecule is COc1ccc(COC2[C@H]3OC(C)(C)O[C@@H]3C(C)(N3C(=O)c4ccccc4C3=O)[C@H]3OC(C)(C)O[C@@H]23)cc1.